The molecule has 1 heterocycles. The van der Waals surface area contributed by atoms with Crippen molar-refractivity contribution in [3.8, 4) is 0 Å². The number of hydrogen-bond donors (Lipinski definition) is 1. The van der Waals surface area contributed by atoms with Crippen LogP contribution in [-0.2, 0) is 6.54 Å². The van der Waals surface area contributed by atoms with Gasteiger partial charge in [-0.2, -0.15) is 0 Å². The molecule has 0 aliphatic rings. The van der Waals surface area contributed by atoms with Crippen molar-refractivity contribution >= 4 is 28.5 Å². The maximum Gasteiger partial charge on any atom is 0.103 e. The van der Waals surface area contributed by atoms with Crippen LogP contribution in [0.5, 0.6) is 0 Å². The Morgan fingerprint density at radius 3 is 2.79 bits per heavy atom. The molecule has 0 spiro atoms. The van der Waals surface area contributed by atoms with Gasteiger partial charge in [-0.1, -0.05) is 36.5 Å². The molecule has 0 aliphatic heterocycles. The topological polar surface area (TPSA) is 29.3 Å². The number of nitrogens with two attached hydrogens (primary N) is 1. The van der Waals surface area contributed by atoms with Gasteiger partial charge in [0.25, 0.3) is 0 Å². The smallest absolute Gasteiger partial charge is 0.103 e. The average molecular weight is 290 g/mol. The number of rotatable bonds is 5. The lowest BCUT2D eigenvalue weighted by Gasteiger charge is -2.24. The lowest BCUT2D eigenvalue weighted by Crippen LogP contribution is -2.21. The van der Waals surface area contributed by atoms with Gasteiger partial charge < -0.3 is 5.73 Å². The summed E-state index contributed by atoms with van der Waals surface area (Å²) in [6, 6.07) is 12.8. The fourth-order valence-electron chi connectivity index (χ4n) is 1.99. The van der Waals surface area contributed by atoms with Crippen molar-refractivity contribution in [3.05, 3.63) is 57.8 Å². The molecule has 1 unspecified atom stereocenters. The Bertz CT molecular complexity index is 549. The van der Waals surface area contributed by atoms with Crippen molar-refractivity contribution in [2.75, 3.05) is 7.05 Å². The molecule has 1 aromatic carbocycles. The minimum Gasteiger partial charge on any atom is -0.389 e. The van der Waals surface area contributed by atoms with E-state index in [0.29, 0.717) is 11.0 Å². The van der Waals surface area contributed by atoms with Gasteiger partial charge in [0.1, 0.15) is 4.99 Å². The van der Waals surface area contributed by atoms with E-state index in [1.165, 1.54) is 10.4 Å². The molecule has 0 saturated carbocycles. The number of benzene rings is 1. The van der Waals surface area contributed by atoms with Crippen LogP contribution in [-0.4, -0.2) is 16.9 Å². The Morgan fingerprint density at radius 1 is 1.37 bits per heavy atom. The molecule has 100 valence electrons. The highest BCUT2D eigenvalue weighted by molar-refractivity contribution is 7.80. The van der Waals surface area contributed by atoms with Gasteiger partial charge >= 0.3 is 0 Å². The van der Waals surface area contributed by atoms with Gasteiger partial charge in [0.15, 0.2) is 0 Å². The Morgan fingerprint density at radius 2 is 2.16 bits per heavy atom. The second kappa shape index (κ2) is 6.28. The SMILES string of the molecule is CC(c1cccs1)N(C)Cc1cccc(C(N)=S)c1. The molecule has 0 aliphatic carbocycles. The van der Waals surface area contributed by atoms with E-state index >= 15 is 0 Å². The molecule has 0 saturated heterocycles. The first kappa shape index (κ1) is 14.2. The van der Waals surface area contributed by atoms with Crippen LogP contribution < -0.4 is 5.73 Å². The summed E-state index contributed by atoms with van der Waals surface area (Å²) in [5.74, 6) is 0. The minimum absolute atomic E-state index is 0.411. The quantitative estimate of drug-likeness (QED) is 0.854. The highest BCUT2D eigenvalue weighted by atomic mass is 32.1. The summed E-state index contributed by atoms with van der Waals surface area (Å²) in [6.45, 7) is 3.11. The number of nitrogens with zero attached hydrogens (tertiary/aromatic N) is 1. The predicted molar refractivity (Wildman–Crippen MR) is 86.5 cm³/mol. The van der Waals surface area contributed by atoms with Crippen LogP contribution in [0.1, 0.15) is 29.0 Å². The summed E-state index contributed by atoms with van der Waals surface area (Å²) in [6.07, 6.45) is 0. The van der Waals surface area contributed by atoms with E-state index in [-0.39, 0.29) is 0 Å². The van der Waals surface area contributed by atoms with Gasteiger partial charge in [-0.25, -0.2) is 0 Å². The largest absolute Gasteiger partial charge is 0.389 e. The van der Waals surface area contributed by atoms with E-state index in [1.54, 1.807) is 11.3 Å². The van der Waals surface area contributed by atoms with Crippen LogP contribution in [0.15, 0.2) is 41.8 Å². The van der Waals surface area contributed by atoms with E-state index in [2.05, 4.69) is 48.5 Å². The van der Waals surface area contributed by atoms with Gasteiger partial charge in [0.2, 0.25) is 0 Å². The van der Waals surface area contributed by atoms with Gasteiger partial charge in [-0.15, -0.1) is 11.3 Å². The molecule has 1 atom stereocenters. The minimum atomic E-state index is 0.411. The fraction of sp³-hybridized carbons (Fsp3) is 0.267. The highest BCUT2D eigenvalue weighted by Crippen LogP contribution is 2.24. The molecule has 2 rings (SSSR count). The van der Waals surface area contributed by atoms with Crippen LogP contribution in [0.25, 0.3) is 0 Å². The first-order valence-corrected chi connectivity index (χ1v) is 7.49. The first-order chi connectivity index (χ1) is 9.08. The van der Waals surface area contributed by atoms with E-state index in [4.69, 9.17) is 18.0 Å². The van der Waals surface area contributed by atoms with Gasteiger partial charge in [0, 0.05) is 23.0 Å². The maximum absolute atomic E-state index is 5.67. The molecule has 0 bridgehead atoms. The summed E-state index contributed by atoms with van der Waals surface area (Å²) >= 11 is 6.81. The van der Waals surface area contributed by atoms with Gasteiger partial charge in [0.05, 0.1) is 0 Å². The summed E-state index contributed by atoms with van der Waals surface area (Å²) in [7, 11) is 2.14. The zero-order chi connectivity index (χ0) is 13.8. The van der Waals surface area contributed by atoms with E-state index in [1.807, 2.05) is 12.1 Å². The predicted octanol–water partition coefficient (Wildman–Crippen LogP) is 3.58. The average Bonchev–Trinajstić information content (AvgIpc) is 2.92. The Hall–Kier alpha value is -1.23. The van der Waals surface area contributed by atoms with E-state index in [9.17, 15) is 0 Å². The Labute approximate surface area is 123 Å². The van der Waals surface area contributed by atoms with Gasteiger partial charge in [-0.3, -0.25) is 4.90 Å². The van der Waals surface area contributed by atoms with Crippen LogP contribution in [0.2, 0.25) is 0 Å². The molecule has 2 nitrogen and oxygen atoms in total. The number of thiocarbonyl (C=S) groups is 1. The molecule has 1 aromatic heterocycles. The Kier molecular flexibility index (Phi) is 4.69. The third-order valence-electron chi connectivity index (χ3n) is 3.26. The summed E-state index contributed by atoms with van der Waals surface area (Å²) in [4.78, 5) is 4.16. The first-order valence-electron chi connectivity index (χ1n) is 6.20. The molecule has 19 heavy (non-hydrogen) atoms. The highest BCUT2D eigenvalue weighted by Gasteiger charge is 2.13. The van der Waals surface area contributed by atoms with Crippen LogP contribution in [0.3, 0.4) is 0 Å². The zero-order valence-electron chi connectivity index (χ0n) is 11.2. The molecule has 2 N–H and O–H groups in total. The third-order valence-corrected chi connectivity index (χ3v) is 4.54. The zero-order valence-corrected chi connectivity index (χ0v) is 12.8. The number of hydrogen-bond acceptors (Lipinski definition) is 3. The second-order valence-electron chi connectivity index (χ2n) is 4.67. The Balaban J connectivity index is 2.08. The normalized spacial score (nSPS) is 12.6. The van der Waals surface area contributed by atoms with Crippen molar-refractivity contribution < 1.29 is 0 Å². The third kappa shape index (κ3) is 3.62. The second-order valence-corrected chi connectivity index (χ2v) is 6.09. The van der Waals surface area contributed by atoms with E-state index in [0.717, 1.165) is 12.1 Å². The maximum atomic E-state index is 5.67. The lowest BCUT2D eigenvalue weighted by molar-refractivity contribution is 0.256. The molecule has 0 amide bonds. The van der Waals surface area contributed by atoms with Crippen LogP contribution in [0, 0.1) is 0 Å². The van der Waals surface area contributed by atoms with Crippen molar-refractivity contribution in [3.63, 3.8) is 0 Å². The summed E-state index contributed by atoms with van der Waals surface area (Å²) < 4.78 is 0. The monoisotopic (exact) mass is 290 g/mol. The molecule has 2 aromatic rings. The fourth-order valence-corrected chi connectivity index (χ4v) is 2.97. The van der Waals surface area contributed by atoms with E-state index < -0.39 is 0 Å². The molecule has 0 radical (unpaired) electrons. The summed E-state index contributed by atoms with van der Waals surface area (Å²) in [5, 5.41) is 2.12. The van der Waals surface area contributed by atoms with Crippen LogP contribution in [0.4, 0.5) is 0 Å². The molecule has 4 heteroatoms. The van der Waals surface area contributed by atoms with Crippen LogP contribution >= 0.6 is 23.6 Å². The van der Waals surface area contributed by atoms with Crippen molar-refractivity contribution in [1.82, 2.24) is 4.90 Å². The molecular weight excluding hydrogens is 272 g/mol. The lowest BCUT2D eigenvalue weighted by atomic mass is 10.1. The van der Waals surface area contributed by atoms with Crippen molar-refractivity contribution in [1.29, 1.82) is 0 Å². The molecule has 0 fully saturated rings. The van der Waals surface area contributed by atoms with Gasteiger partial charge in [-0.05, 0) is 37.0 Å². The van der Waals surface area contributed by atoms with Crippen molar-refractivity contribution in [2.45, 2.75) is 19.5 Å². The summed E-state index contributed by atoms with van der Waals surface area (Å²) in [5.41, 5.74) is 7.84. The molecular formula is C15H18N2S2. The van der Waals surface area contributed by atoms with Crippen molar-refractivity contribution in [2.24, 2.45) is 5.73 Å². The number of thiophene rings is 1. The standard InChI is InChI=1S/C15H18N2S2/c1-11(14-7-4-8-19-14)17(2)10-12-5-3-6-13(9-12)15(16)18/h3-9,11H,10H2,1-2H3,(H2,16,18).